The topological polar surface area (TPSA) is 55.4 Å². The first kappa shape index (κ1) is 14.8. The predicted octanol–water partition coefficient (Wildman–Crippen LogP) is 1.31. The first-order valence-electron chi connectivity index (χ1n) is 5.65. The normalized spacial score (nSPS) is 11.0. The maximum Gasteiger partial charge on any atom is 0.244 e. The lowest BCUT2D eigenvalue weighted by atomic mass is 10.1. The minimum Gasteiger partial charge on any atom is -0.380 e. The number of allylic oxidation sites excluding steroid dienone is 1. The zero-order valence-electron chi connectivity index (χ0n) is 10.3. The first-order valence-corrected chi connectivity index (χ1v) is 5.65. The van der Waals surface area contributed by atoms with Crippen LogP contribution in [0.4, 0.5) is 0 Å². The van der Waals surface area contributed by atoms with Crippen LogP contribution in [-0.2, 0) is 14.3 Å². The molecule has 0 saturated carbocycles. The van der Waals surface area contributed by atoms with E-state index in [1.807, 2.05) is 6.92 Å². The fourth-order valence-corrected chi connectivity index (χ4v) is 0.902. The van der Waals surface area contributed by atoms with Crippen molar-refractivity contribution < 1.29 is 14.3 Å². The van der Waals surface area contributed by atoms with E-state index >= 15 is 0 Å². The Kier molecular flexibility index (Phi) is 8.43. The number of ketones is 1. The van der Waals surface area contributed by atoms with Gasteiger partial charge in [-0.15, -0.1) is 0 Å². The van der Waals surface area contributed by atoms with Crippen molar-refractivity contribution in [3.63, 3.8) is 0 Å². The molecular weight excluding hydrogens is 206 g/mol. The molecule has 1 amide bonds. The largest absolute Gasteiger partial charge is 0.380 e. The third-order valence-electron chi connectivity index (χ3n) is 1.86. The van der Waals surface area contributed by atoms with Gasteiger partial charge in [0.2, 0.25) is 5.91 Å². The van der Waals surface area contributed by atoms with Crippen LogP contribution in [0.3, 0.4) is 0 Å². The lowest BCUT2D eigenvalue weighted by Crippen LogP contribution is -2.25. The summed E-state index contributed by atoms with van der Waals surface area (Å²) in [5.41, 5.74) is 0. The summed E-state index contributed by atoms with van der Waals surface area (Å²) in [7, 11) is 0. The van der Waals surface area contributed by atoms with Crippen LogP contribution in [-0.4, -0.2) is 31.4 Å². The van der Waals surface area contributed by atoms with E-state index in [0.29, 0.717) is 19.8 Å². The molecule has 0 saturated heterocycles. The average molecular weight is 227 g/mol. The van der Waals surface area contributed by atoms with E-state index in [1.54, 1.807) is 13.8 Å². The van der Waals surface area contributed by atoms with Gasteiger partial charge >= 0.3 is 0 Å². The molecule has 0 aliphatic rings. The second kappa shape index (κ2) is 9.09. The summed E-state index contributed by atoms with van der Waals surface area (Å²) in [6.45, 7) is 7.30. The minimum absolute atomic E-state index is 0.0441. The number of hydrogen-bond acceptors (Lipinski definition) is 3. The van der Waals surface area contributed by atoms with Crippen molar-refractivity contribution in [3.05, 3.63) is 12.2 Å². The summed E-state index contributed by atoms with van der Waals surface area (Å²) in [6.07, 6.45) is 3.55. The molecule has 0 unspecified atom stereocenters. The monoisotopic (exact) mass is 227 g/mol. The van der Waals surface area contributed by atoms with Crippen molar-refractivity contribution in [2.24, 2.45) is 5.92 Å². The summed E-state index contributed by atoms with van der Waals surface area (Å²) in [6, 6.07) is 0. The number of nitrogens with one attached hydrogen (secondary N) is 1. The van der Waals surface area contributed by atoms with Crippen molar-refractivity contribution in [1.82, 2.24) is 5.32 Å². The molecule has 4 nitrogen and oxygen atoms in total. The third kappa shape index (κ3) is 8.17. The molecule has 4 heteroatoms. The van der Waals surface area contributed by atoms with Crippen LogP contribution < -0.4 is 5.32 Å². The molecule has 0 heterocycles. The van der Waals surface area contributed by atoms with E-state index in [-0.39, 0.29) is 17.6 Å². The minimum atomic E-state index is -0.255. The SMILES string of the molecule is CCCOCCNC(=O)/C=C/C(=O)C(C)C. The second-order valence-corrected chi connectivity index (χ2v) is 3.79. The van der Waals surface area contributed by atoms with E-state index in [4.69, 9.17) is 4.74 Å². The molecule has 0 aromatic heterocycles. The highest BCUT2D eigenvalue weighted by atomic mass is 16.5. The molecule has 0 radical (unpaired) electrons. The summed E-state index contributed by atoms with van der Waals surface area (Å²) < 4.78 is 5.19. The molecule has 1 N–H and O–H groups in total. The number of rotatable bonds is 8. The van der Waals surface area contributed by atoms with Crippen molar-refractivity contribution in [3.8, 4) is 0 Å². The molecule has 0 aliphatic carbocycles. The predicted molar refractivity (Wildman–Crippen MR) is 63.1 cm³/mol. The van der Waals surface area contributed by atoms with Crippen LogP contribution in [0.1, 0.15) is 27.2 Å². The van der Waals surface area contributed by atoms with Crippen molar-refractivity contribution >= 4 is 11.7 Å². The number of amides is 1. The van der Waals surface area contributed by atoms with Crippen LogP contribution in [0.25, 0.3) is 0 Å². The number of carbonyl (C=O) groups is 2. The smallest absolute Gasteiger partial charge is 0.244 e. The lowest BCUT2D eigenvalue weighted by Gasteiger charge is -2.03. The van der Waals surface area contributed by atoms with Gasteiger partial charge in [-0.05, 0) is 12.5 Å². The van der Waals surface area contributed by atoms with Crippen molar-refractivity contribution in [1.29, 1.82) is 0 Å². The molecule has 0 atom stereocenters. The van der Waals surface area contributed by atoms with Gasteiger partial charge in [0, 0.05) is 25.1 Å². The zero-order valence-corrected chi connectivity index (χ0v) is 10.3. The highest BCUT2D eigenvalue weighted by molar-refractivity contribution is 5.98. The van der Waals surface area contributed by atoms with Gasteiger partial charge in [0.05, 0.1) is 6.61 Å². The van der Waals surface area contributed by atoms with Gasteiger partial charge in [0.1, 0.15) is 0 Å². The Morgan fingerprint density at radius 3 is 2.50 bits per heavy atom. The molecule has 0 fully saturated rings. The maximum absolute atomic E-state index is 11.2. The molecule has 0 aromatic carbocycles. The van der Waals surface area contributed by atoms with E-state index in [1.165, 1.54) is 12.2 Å². The Morgan fingerprint density at radius 2 is 1.94 bits per heavy atom. The van der Waals surface area contributed by atoms with Crippen LogP contribution >= 0.6 is 0 Å². The van der Waals surface area contributed by atoms with Gasteiger partial charge in [0.15, 0.2) is 5.78 Å². The number of hydrogen-bond donors (Lipinski definition) is 1. The van der Waals surface area contributed by atoms with Crippen LogP contribution in [0.15, 0.2) is 12.2 Å². The highest BCUT2D eigenvalue weighted by Crippen LogP contribution is 1.94. The van der Waals surface area contributed by atoms with Crippen molar-refractivity contribution in [2.75, 3.05) is 19.8 Å². The third-order valence-corrected chi connectivity index (χ3v) is 1.86. The van der Waals surface area contributed by atoms with Crippen LogP contribution in [0.2, 0.25) is 0 Å². The summed E-state index contributed by atoms with van der Waals surface area (Å²) in [5.74, 6) is -0.372. The van der Waals surface area contributed by atoms with E-state index < -0.39 is 0 Å². The van der Waals surface area contributed by atoms with Gasteiger partial charge in [-0.25, -0.2) is 0 Å². The maximum atomic E-state index is 11.2. The molecule has 92 valence electrons. The van der Waals surface area contributed by atoms with E-state index in [2.05, 4.69) is 5.32 Å². The fourth-order valence-electron chi connectivity index (χ4n) is 0.902. The van der Waals surface area contributed by atoms with Crippen LogP contribution in [0.5, 0.6) is 0 Å². The fraction of sp³-hybridized carbons (Fsp3) is 0.667. The molecule has 0 rings (SSSR count). The van der Waals surface area contributed by atoms with E-state index in [9.17, 15) is 9.59 Å². The Hall–Kier alpha value is -1.16. The molecule has 0 aliphatic heterocycles. The van der Waals surface area contributed by atoms with Gasteiger partial charge < -0.3 is 10.1 Å². The second-order valence-electron chi connectivity index (χ2n) is 3.79. The molecule has 0 aromatic rings. The van der Waals surface area contributed by atoms with Gasteiger partial charge in [-0.1, -0.05) is 20.8 Å². The summed E-state index contributed by atoms with van der Waals surface area (Å²) in [4.78, 5) is 22.4. The standard InChI is InChI=1S/C12H21NO3/c1-4-8-16-9-7-13-12(15)6-5-11(14)10(2)3/h5-6,10H,4,7-9H2,1-3H3,(H,13,15)/b6-5+. The molecule has 0 spiro atoms. The molecule has 16 heavy (non-hydrogen) atoms. The van der Waals surface area contributed by atoms with Gasteiger partial charge in [-0.3, -0.25) is 9.59 Å². The summed E-state index contributed by atoms with van der Waals surface area (Å²) in [5, 5.41) is 2.63. The molecule has 0 bridgehead atoms. The number of ether oxygens (including phenoxy) is 1. The summed E-state index contributed by atoms with van der Waals surface area (Å²) >= 11 is 0. The molecular formula is C12H21NO3. The lowest BCUT2D eigenvalue weighted by molar-refractivity contribution is -0.119. The Balaban J connectivity index is 3.62. The van der Waals surface area contributed by atoms with E-state index in [0.717, 1.165) is 6.42 Å². The zero-order chi connectivity index (χ0) is 12.4. The first-order chi connectivity index (χ1) is 7.57. The van der Waals surface area contributed by atoms with Crippen molar-refractivity contribution in [2.45, 2.75) is 27.2 Å². The van der Waals surface area contributed by atoms with Gasteiger partial charge in [-0.2, -0.15) is 0 Å². The Morgan fingerprint density at radius 1 is 1.25 bits per heavy atom. The van der Waals surface area contributed by atoms with Crippen LogP contribution in [0, 0.1) is 5.92 Å². The average Bonchev–Trinajstić information content (AvgIpc) is 2.25. The van der Waals surface area contributed by atoms with Gasteiger partial charge in [0.25, 0.3) is 0 Å². The highest BCUT2D eigenvalue weighted by Gasteiger charge is 2.02. The Bertz CT molecular complexity index is 247. The Labute approximate surface area is 97.1 Å². The number of carbonyl (C=O) groups excluding carboxylic acids is 2. The quantitative estimate of drug-likeness (QED) is 0.502.